The minimum absolute atomic E-state index is 0.330. The van der Waals surface area contributed by atoms with Crippen molar-refractivity contribution in [2.75, 3.05) is 0 Å². The minimum atomic E-state index is -0.433. The predicted octanol–water partition coefficient (Wildman–Crippen LogP) is 18.1. The molecule has 368 valence electrons. The summed E-state index contributed by atoms with van der Waals surface area (Å²) in [6.07, 6.45) is 4.54. The number of nitrogens with two attached hydrogens (primary N) is 1. The van der Waals surface area contributed by atoms with Crippen LogP contribution in [0.15, 0.2) is 249 Å². The van der Waals surface area contributed by atoms with Gasteiger partial charge in [0.1, 0.15) is 28.2 Å². The van der Waals surface area contributed by atoms with Gasteiger partial charge in [-0.15, -0.1) is 0 Å². The standard InChI is InChI=1S/C72H53N3O2/c1-5-17-60-45(4)53-24-15-25-54(69(53)72(60)61-27-11-8-21-55(61)56-22-9-12-28-62(56)72)47-34-32-46(33-35-47)48-37-39-64-59(41-48)67-50(19-14-30-65(67)77-64)42-74-71(58-26-16-31-66-68(58)57-23-10-13-29-63(57)76-66)75-70(73)49-36-38-52(44(3)40-49)51-20-7-6-18-43(51)2/h5-41H,42H2,1-4H3,(H2,73,74,75)/b17-5-. The Morgan fingerprint density at radius 1 is 0.494 bits per heavy atom. The van der Waals surface area contributed by atoms with Crippen LogP contribution in [0.2, 0.25) is 0 Å². The molecule has 0 fully saturated rings. The molecular formula is C72H53N3O2. The van der Waals surface area contributed by atoms with E-state index >= 15 is 0 Å². The maximum absolute atomic E-state index is 7.02. The van der Waals surface area contributed by atoms with Crippen molar-refractivity contribution in [2.45, 2.75) is 39.7 Å². The van der Waals surface area contributed by atoms with Gasteiger partial charge in [-0.3, -0.25) is 4.99 Å². The van der Waals surface area contributed by atoms with Crippen LogP contribution in [-0.2, 0) is 12.0 Å². The van der Waals surface area contributed by atoms with Gasteiger partial charge in [0.2, 0.25) is 0 Å². The van der Waals surface area contributed by atoms with E-state index in [0.717, 1.165) is 77.3 Å². The highest BCUT2D eigenvalue weighted by Crippen LogP contribution is 2.63. The molecule has 1 spiro atoms. The number of hydrogen-bond acceptors (Lipinski definition) is 3. The number of allylic oxidation sites excluding steroid dienone is 4. The van der Waals surface area contributed by atoms with Crippen LogP contribution in [0.4, 0.5) is 0 Å². The molecule has 0 atom stereocenters. The highest BCUT2D eigenvalue weighted by molar-refractivity contribution is 6.21. The maximum Gasteiger partial charge on any atom is 0.158 e. The molecule has 5 heteroatoms. The third-order valence-electron chi connectivity index (χ3n) is 16.3. The van der Waals surface area contributed by atoms with Crippen molar-refractivity contribution in [2.24, 2.45) is 15.7 Å². The second kappa shape index (κ2) is 18.1. The zero-order chi connectivity index (χ0) is 51.9. The van der Waals surface area contributed by atoms with Crippen LogP contribution in [0.5, 0.6) is 0 Å². The fraction of sp³-hybridized carbons (Fsp3) is 0.0833. The van der Waals surface area contributed by atoms with Gasteiger partial charge in [0.15, 0.2) is 5.84 Å². The van der Waals surface area contributed by atoms with Crippen LogP contribution in [0.25, 0.3) is 94.0 Å². The van der Waals surface area contributed by atoms with Crippen molar-refractivity contribution >= 4 is 61.1 Å². The van der Waals surface area contributed by atoms with Gasteiger partial charge in [-0.2, -0.15) is 0 Å². The van der Waals surface area contributed by atoms with E-state index in [9.17, 15) is 0 Å². The molecule has 5 nitrogen and oxygen atoms in total. The van der Waals surface area contributed by atoms with Crippen molar-refractivity contribution in [1.82, 2.24) is 0 Å². The molecule has 0 aliphatic heterocycles. The van der Waals surface area contributed by atoms with Gasteiger partial charge in [0.25, 0.3) is 0 Å². The first-order valence-electron chi connectivity index (χ1n) is 26.5. The number of para-hydroxylation sites is 1. The zero-order valence-corrected chi connectivity index (χ0v) is 43.4. The predicted molar refractivity (Wildman–Crippen MR) is 320 cm³/mol. The highest BCUT2D eigenvalue weighted by Gasteiger charge is 2.52. The minimum Gasteiger partial charge on any atom is -0.456 e. The first-order chi connectivity index (χ1) is 37.8. The summed E-state index contributed by atoms with van der Waals surface area (Å²) in [6, 6.07) is 75.6. The lowest BCUT2D eigenvalue weighted by Crippen LogP contribution is -2.27. The van der Waals surface area contributed by atoms with E-state index in [1.165, 1.54) is 72.3 Å². The second-order valence-electron chi connectivity index (χ2n) is 20.5. The molecule has 14 rings (SSSR count). The number of aliphatic imine (C=N–C) groups is 2. The summed E-state index contributed by atoms with van der Waals surface area (Å²) >= 11 is 0. The monoisotopic (exact) mass is 991 g/mol. The molecule has 0 radical (unpaired) electrons. The Kier molecular flexibility index (Phi) is 10.8. The molecule has 10 aromatic carbocycles. The van der Waals surface area contributed by atoms with Crippen LogP contribution in [0, 0.1) is 13.8 Å². The van der Waals surface area contributed by atoms with Gasteiger partial charge >= 0.3 is 0 Å². The van der Waals surface area contributed by atoms with Crippen molar-refractivity contribution < 1.29 is 8.83 Å². The second-order valence-corrected chi connectivity index (χ2v) is 20.5. The van der Waals surface area contributed by atoms with Crippen LogP contribution in [0.1, 0.15) is 63.9 Å². The summed E-state index contributed by atoms with van der Waals surface area (Å²) in [5.74, 6) is 0.900. The Balaban J connectivity index is 0.851. The molecule has 77 heavy (non-hydrogen) atoms. The van der Waals surface area contributed by atoms with E-state index in [1.807, 2.05) is 42.5 Å². The molecule has 0 bridgehead atoms. The molecule has 0 saturated carbocycles. The van der Waals surface area contributed by atoms with E-state index in [4.69, 9.17) is 24.6 Å². The Morgan fingerprint density at radius 2 is 1.09 bits per heavy atom. The molecule has 2 aliphatic carbocycles. The number of amidine groups is 2. The van der Waals surface area contributed by atoms with Gasteiger partial charge in [-0.1, -0.05) is 188 Å². The van der Waals surface area contributed by atoms with Crippen LogP contribution >= 0.6 is 0 Å². The lowest BCUT2D eigenvalue weighted by molar-refractivity contribution is 0.668. The third-order valence-corrected chi connectivity index (χ3v) is 16.3. The lowest BCUT2D eigenvalue weighted by atomic mass is 9.67. The summed E-state index contributed by atoms with van der Waals surface area (Å²) in [5, 5.41) is 4.00. The molecule has 0 saturated heterocycles. The quantitative estimate of drug-likeness (QED) is 0.122. The summed E-state index contributed by atoms with van der Waals surface area (Å²) in [7, 11) is 0. The smallest absolute Gasteiger partial charge is 0.158 e. The Morgan fingerprint density at radius 3 is 1.84 bits per heavy atom. The number of benzene rings is 10. The Bertz CT molecular complexity index is 4490. The molecule has 2 aromatic heterocycles. The lowest BCUT2D eigenvalue weighted by Gasteiger charge is -2.33. The average Bonchev–Trinajstić information content (AvgIpc) is 4.25. The number of nitrogens with zero attached hydrogens (tertiary/aromatic N) is 2. The average molecular weight is 992 g/mol. The summed E-state index contributed by atoms with van der Waals surface area (Å²) in [4.78, 5) is 10.6. The molecule has 2 aliphatic rings. The van der Waals surface area contributed by atoms with E-state index in [0.29, 0.717) is 18.2 Å². The highest BCUT2D eigenvalue weighted by atomic mass is 16.3. The van der Waals surface area contributed by atoms with Crippen molar-refractivity contribution in [3.8, 4) is 44.5 Å². The van der Waals surface area contributed by atoms with Crippen molar-refractivity contribution in [3.63, 3.8) is 0 Å². The molecular weight excluding hydrogens is 939 g/mol. The number of hydrogen-bond donors (Lipinski definition) is 1. The maximum atomic E-state index is 7.02. The first kappa shape index (κ1) is 46.0. The van der Waals surface area contributed by atoms with Crippen LogP contribution in [-0.4, -0.2) is 11.7 Å². The fourth-order valence-corrected chi connectivity index (χ4v) is 12.8. The Labute approximate surface area is 447 Å². The van der Waals surface area contributed by atoms with Crippen molar-refractivity contribution in [3.05, 3.63) is 280 Å². The number of fused-ring (bicyclic) bond motifs is 13. The largest absolute Gasteiger partial charge is 0.456 e. The fourth-order valence-electron chi connectivity index (χ4n) is 12.8. The SMILES string of the molecule is C/C=C\C1=C(C)c2cccc(-c3ccc(-c4ccc5oc6cccc(CN=C(N=C(N)c7ccc(-c8ccccc8C)c(C)c7)c7cccc8oc9ccccc9c78)c6c5c4)cc3)c2C12c1ccccc1-c1ccccc12. The number of aryl methyl sites for hydroxylation is 2. The van der Waals surface area contributed by atoms with Crippen LogP contribution in [0.3, 0.4) is 0 Å². The van der Waals surface area contributed by atoms with Gasteiger partial charge in [-0.25, -0.2) is 4.99 Å². The van der Waals surface area contributed by atoms with E-state index < -0.39 is 5.41 Å². The van der Waals surface area contributed by atoms with Gasteiger partial charge in [-0.05, 0) is 159 Å². The topological polar surface area (TPSA) is 77.0 Å². The summed E-state index contributed by atoms with van der Waals surface area (Å²) < 4.78 is 13.0. The molecule has 12 aromatic rings. The molecule has 2 N–H and O–H groups in total. The summed E-state index contributed by atoms with van der Waals surface area (Å²) in [6.45, 7) is 9.03. The van der Waals surface area contributed by atoms with E-state index in [1.54, 1.807) is 0 Å². The Hall–Kier alpha value is -9.58. The normalized spacial score (nSPS) is 14.0. The number of rotatable bonds is 8. The third kappa shape index (κ3) is 7.14. The first-order valence-corrected chi connectivity index (χ1v) is 26.5. The van der Waals surface area contributed by atoms with E-state index in [2.05, 4.69) is 210 Å². The van der Waals surface area contributed by atoms with Gasteiger partial charge in [0, 0.05) is 32.7 Å². The van der Waals surface area contributed by atoms with E-state index in [-0.39, 0.29) is 0 Å². The molecule has 0 unspecified atom stereocenters. The molecule has 0 amide bonds. The van der Waals surface area contributed by atoms with Crippen molar-refractivity contribution in [1.29, 1.82) is 0 Å². The van der Waals surface area contributed by atoms with Gasteiger partial charge < -0.3 is 14.6 Å². The zero-order valence-electron chi connectivity index (χ0n) is 43.4. The summed E-state index contributed by atoms with van der Waals surface area (Å²) in [5.41, 5.74) is 32.4. The number of furan rings is 2. The van der Waals surface area contributed by atoms with Gasteiger partial charge in [0.05, 0.1) is 12.0 Å². The van der Waals surface area contributed by atoms with Crippen LogP contribution < -0.4 is 5.73 Å². The molecule has 2 heterocycles.